The maximum Gasteiger partial charge on any atom is 0.315 e. The molecule has 1 saturated heterocycles. The Morgan fingerprint density at radius 2 is 1.88 bits per heavy atom. The summed E-state index contributed by atoms with van der Waals surface area (Å²) in [6.45, 7) is 2.05. The lowest BCUT2D eigenvalue weighted by Crippen LogP contribution is -2.45. The molecule has 1 aromatic carbocycles. The van der Waals surface area contributed by atoms with E-state index in [0.29, 0.717) is 44.2 Å². The van der Waals surface area contributed by atoms with Crippen LogP contribution in [0.4, 0.5) is 4.79 Å². The van der Waals surface area contributed by atoms with Crippen LogP contribution in [-0.2, 0) is 9.53 Å². The Hall–Kier alpha value is -2.91. The van der Waals surface area contributed by atoms with Crippen LogP contribution in [0.3, 0.4) is 0 Å². The minimum atomic E-state index is -0.930. The number of amides is 3. The van der Waals surface area contributed by atoms with Gasteiger partial charge in [0.1, 0.15) is 5.82 Å². The predicted octanol–water partition coefficient (Wildman–Crippen LogP) is 1.23. The molecule has 3 fully saturated rings. The average Bonchev–Trinajstić information content (AvgIpc) is 3.39. The Morgan fingerprint density at radius 3 is 2.59 bits per heavy atom. The van der Waals surface area contributed by atoms with Crippen molar-refractivity contribution >= 4 is 11.9 Å². The number of imidazole rings is 1. The highest BCUT2D eigenvalue weighted by atomic mass is 16.5. The lowest BCUT2D eigenvalue weighted by Gasteiger charge is -2.30. The molecule has 2 heterocycles. The number of hydrogen-bond donors (Lipinski definition) is 4. The Bertz CT molecular complexity index is 954. The van der Waals surface area contributed by atoms with Crippen LogP contribution in [0.15, 0.2) is 36.5 Å². The molecule has 0 spiro atoms. The van der Waals surface area contributed by atoms with Gasteiger partial charge in [-0.1, -0.05) is 30.3 Å². The van der Waals surface area contributed by atoms with Crippen molar-refractivity contribution in [3.63, 3.8) is 0 Å². The number of nitrogens with one attached hydrogen (secondary N) is 3. The fourth-order valence-electron chi connectivity index (χ4n) is 4.73. The number of H-pyrrole nitrogens is 1. The summed E-state index contributed by atoms with van der Waals surface area (Å²) in [6, 6.07) is 9.31. The second-order valence-corrected chi connectivity index (χ2v) is 8.85. The third kappa shape index (κ3) is 4.35. The van der Waals surface area contributed by atoms with Crippen LogP contribution in [0.5, 0.6) is 0 Å². The highest BCUT2D eigenvalue weighted by Gasteiger charge is 2.49. The molecular formula is C23H29N5O4. The summed E-state index contributed by atoms with van der Waals surface area (Å²) >= 11 is 0. The normalized spacial score (nSPS) is 27.8. The number of nitrogens with zero attached hydrogens (tertiary/aromatic N) is 2. The standard InChI is InChI=1S/C23H29N5O4/c29-20-16(22(30)28-8-10-32-11-9-28)12-17(27-23(31)25-15-6-7-15)19(20)18-13-24-21(26-18)14-4-2-1-3-5-14/h1-5,13,15-17,19-20,29H,6-12H2,(H,24,26)(H2,25,27,31)/t16-,17+,19+,20+/m0/s1. The van der Waals surface area contributed by atoms with Gasteiger partial charge in [0.15, 0.2) is 0 Å². The zero-order chi connectivity index (χ0) is 22.1. The summed E-state index contributed by atoms with van der Waals surface area (Å²) in [7, 11) is 0. The first-order valence-electron chi connectivity index (χ1n) is 11.3. The molecule has 3 amide bonds. The summed E-state index contributed by atoms with van der Waals surface area (Å²) in [6.07, 6.45) is 3.12. The number of rotatable bonds is 5. The van der Waals surface area contributed by atoms with Crippen molar-refractivity contribution in [2.45, 2.75) is 43.4 Å². The topological polar surface area (TPSA) is 120 Å². The van der Waals surface area contributed by atoms with E-state index < -0.39 is 17.9 Å². The summed E-state index contributed by atoms with van der Waals surface area (Å²) in [5, 5.41) is 17.2. The molecular weight excluding hydrogens is 410 g/mol. The molecule has 0 unspecified atom stereocenters. The molecule has 1 aliphatic heterocycles. The Kier molecular flexibility index (Phi) is 5.84. The lowest BCUT2D eigenvalue weighted by molar-refractivity contribution is -0.142. The van der Waals surface area contributed by atoms with Crippen LogP contribution >= 0.6 is 0 Å². The first-order chi connectivity index (χ1) is 15.6. The fraction of sp³-hybridized carbons (Fsp3) is 0.522. The number of morpholine rings is 1. The molecule has 1 aromatic heterocycles. The van der Waals surface area contributed by atoms with Gasteiger partial charge in [0, 0.05) is 48.5 Å². The van der Waals surface area contributed by atoms with Crippen molar-refractivity contribution in [3.05, 3.63) is 42.2 Å². The lowest BCUT2D eigenvalue weighted by atomic mass is 9.96. The molecule has 2 saturated carbocycles. The van der Waals surface area contributed by atoms with Crippen LogP contribution in [0.2, 0.25) is 0 Å². The zero-order valence-corrected chi connectivity index (χ0v) is 17.9. The molecule has 0 bridgehead atoms. The number of benzene rings is 1. The first-order valence-corrected chi connectivity index (χ1v) is 11.3. The van der Waals surface area contributed by atoms with Crippen molar-refractivity contribution in [2.24, 2.45) is 5.92 Å². The van der Waals surface area contributed by atoms with Gasteiger partial charge in [-0.15, -0.1) is 0 Å². The third-order valence-corrected chi connectivity index (χ3v) is 6.59. The SMILES string of the molecule is O=C(NC1CC1)N[C@@H]1C[C@H](C(=O)N2CCOCC2)[C@@H](O)[C@H]1c1cnc(-c2ccccc2)[nH]1. The van der Waals surface area contributed by atoms with E-state index in [1.54, 1.807) is 11.1 Å². The number of carbonyl (C=O) groups is 2. The molecule has 9 nitrogen and oxygen atoms in total. The van der Waals surface area contributed by atoms with Crippen molar-refractivity contribution in [3.8, 4) is 11.4 Å². The van der Waals surface area contributed by atoms with E-state index in [-0.39, 0.29) is 24.0 Å². The quantitative estimate of drug-likeness (QED) is 0.559. The fourth-order valence-corrected chi connectivity index (χ4v) is 4.73. The van der Waals surface area contributed by atoms with E-state index in [0.717, 1.165) is 18.4 Å². The molecule has 2 aliphatic carbocycles. The number of aromatic nitrogens is 2. The van der Waals surface area contributed by atoms with Gasteiger partial charge in [0.05, 0.1) is 25.2 Å². The molecule has 9 heteroatoms. The van der Waals surface area contributed by atoms with E-state index in [9.17, 15) is 14.7 Å². The number of aliphatic hydroxyl groups excluding tert-OH is 1. The van der Waals surface area contributed by atoms with Gasteiger partial charge in [-0.25, -0.2) is 9.78 Å². The maximum absolute atomic E-state index is 13.2. The number of carbonyl (C=O) groups excluding carboxylic acids is 2. The summed E-state index contributed by atoms with van der Waals surface area (Å²) in [5.41, 5.74) is 1.65. The van der Waals surface area contributed by atoms with Crippen molar-refractivity contribution < 1.29 is 19.4 Å². The van der Waals surface area contributed by atoms with Crippen LogP contribution in [-0.4, -0.2) is 76.4 Å². The number of urea groups is 1. The molecule has 4 N–H and O–H groups in total. The highest BCUT2D eigenvalue weighted by molar-refractivity contribution is 5.81. The zero-order valence-electron chi connectivity index (χ0n) is 17.9. The number of aromatic amines is 1. The van der Waals surface area contributed by atoms with Crippen LogP contribution < -0.4 is 10.6 Å². The highest BCUT2D eigenvalue weighted by Crippen LogP contribution is 2.40. The van der Waals surface area contributed by atoms with Crippen LogP contribution in [0, 0.1) is 5.92 Å². The first kappa shape index (κ1) is 21.0. The van der Waals surface area contributed by atoms with Gasteiger partial charge < -0.3 is 30.4 Å². The van der Waals surface area contributed by atoms with Crippen molar-refractivity contribution in [1.29, 1.82) is 0 Å². The monoisotopic (exact) mass is 439 g/mol. The van der Waals surface area contributed by atoms with Gasteiger partial charge in [-0.3, -0.25) is 4.79 Å². The minimum absolute atomic E-state index is 0.0829. The van der Waals surface area contributed by atoms with Gasteiger partial charge in [0.25, 0.3) is 0 Å². The van der Waals surface area contributed by atoms with Gasteiger partial charge >= 0.3 is 6.03 Å². The molecule has 2 aromatic rings. The number of ether oxygens (including phenoxy) is 1. The van der Waals surface area contributed by atoms with E-state index in [1.165, 1.54) is 0 Å². The second kappa shape index (κ2) is 8.91. The van der Waals surface area contributed by atoms with Gasteiger partial charge in [-0.2, -0.15) is 0 Å². The van der Waals surface area contributed by atoms with E-state index in [2.05, 4.69) is 20.6 Å². The molecule has 32 heavy (non-hydrogen) atoms. The Balaban J connectivity index is 1.38. The summed E-state index contributed by atoms with van der Waals surface area (Å²) in [4.78, 5) is 35.2. The van der Waals surface area contributed by atoms with Crippen LogP contribution in [0.25, 0.3) is 11.4 Å². The molecule has 0 radical (unpaired) electrons. The maximum atomic E-state index is 13.2. The second-order valence-electron chi connectivity index (χ2n) is 8.85. The van der Waals surface area contributed by atoms with E-state index in [4.69, 9.17) is 4.74 Å². The van der Waals surface area contributed by atoms with Crippen molar-refractivity contribution in [1.82, 2.24) is 25.5 Å². The van der Waals surface area contributed by atoms with Crippen LogP contribution in [0.1, 0.15) is 30.9 Å². The van der Waals surface area contributed by atoms with Gasteiger partial charge in [0.2, 0.25) is 5.91 Å². The molecule has 170 valence electrons. The van der Waals surface area contributed by atoms with Gasteiger partial charge in [-0.05, 0) is 19.3 Å². The predicted molar refractivity (Wildman–Crippen MR) is 117 cm³/mol. The van der Waals surface area contributed by atoms with E-state index >= 15 is 0 Å². The average molecular weight is 440 g/mol. The summed E-state index contributed by atoms with van der Waals surface area (Å²) in [5.74, 6) is -0.440. The molecule has 4 atom stereocenters. The minimum Gasteiger partial charge on any atom is -0.392 e. The smallest absolute Gasteiger partial charge is 0.315 e. The van der Waals surface area contributed by atoms with Crippen molar-refractivity contribution in [2.75, 3.05) is 26.3 Å². The van der Waals surface area contributed by atoms with E-state index in [1.807, 2.05) is 30.3 Å². The molecule has 3 aliphatic rings. The largest absolute Gasteiger partial charge is 0.392 e. The Labute approximate surface area is 186 Å². The third-order valence-electron chi connectivity index (χ3n) is 6.59. The summed E-state index contributed by atoms with van der Waals surface area (Å²) < 4.78 is 5.36. The molecule has 5 rings (SSSR count). The Morgan fingerprint density at radius 1 is 1.12 bits per heavy atom. The number of aliphatic hydroxyl groups is 1. The number of hydrogen-bond acceptors (Lipinski definition) is 5.